The van der Waals surface area contributed by atoms with Crippen molar-refractivity contribution in [1.29, 1.82) is 0 Å². The van der Waals surface area contributed by atoms with Crippen LogP contribution in [0.5, 0.6) is 0 Å². The highest BCUT2D eigenvalue weighted by molar-refractivity contribution is 8.33. The van der Waals surface area contributed by atoms with E-state index in [0.717, 1.165) is 24.3 Å². The van der Waals surface area contributed by atoms with Gasteiger partial charge >= 0.3 is 21.8 Å². The number of alkyl halides is 6. The highest BCUT2D eigenvalue weighted by Crippen LogP contribution is 2.67. The van der Waals surface area contributed by atoms with Gasteiger partial charge in [-0.05, 0) is 24.3 Å². The average molecular weight is 418 g/mol. The highest BCUT2D eigenvalue weighted by atomic mass is 32.3. The van der Waals surface area contributed by atoms with Gasteiger partial charge in [-0.25, -0.2) is 3.63 Å². The summed E-state index contributed by atoms with van der Waals surface area (Å²) in [4.78, 5) is -0.590. The monoisotopic (exact) mass is 418 g/mol. The summed E-state index contributed by atoms with van der Waals surface area (Å²) in [5.41, 5.74) is -5.86. The van der Waals surface area contributed by atoms with Crippen LogP contribution in [0.3, 0.4) is 0 Å². The van der Waals surface area contributed by atoms with Gasteiger partial charge < -0.3 is 0 Å². The number of halogens is 6. The van der Waals surface area contributed by atoms with Gasteiger partial charge in [0.15, 0.2) is 0 Å². The zero-order valence-corrected chi connectivity index (χ0v) is 14.4. The first kappa shape index (κ1) is 20.6. The zero-order valence-electron chi connectivity index (χ0n) is 12.8. The third-order valence-corrected chi connectivity index (χ3v) is 8.12. The van der Waals surface area contributed by atoms with Crippen LogP contribution >= 0.6 is 10.3 Å². The minimum atomic E-state index is -6.29. The summed E-state index contributed by atoms with van der Waals surface area (Å²) in [6.45, 7) is 0. The summed E-state index contributed by atoms with van der Waals surface area (Å²) in [5.74, 6) is -1.89. The van der Waals surface area contributed by atoms with Crippen molar-refractivity contribution in [3.05, 3.63) is 60.7 Å². The molecule has 3 nitrogen and oxygen atoms in total. The van der Waals surface area contributed by atoms with Crippen LogP contribution in [0.1, 0.15) is 0 Å². The summed E-state index contributed by atoms with van der Waals surface area (Å²) >= 11 is 0. The Balaban J connectivity index is 2.77. The van der Waals surface area contributed by atoms with Gasteiger partial charge in [0.05, 0.1) is 0 Å². The molecule has 0 fully saturated rings. The molecule has 0 bridgehead atoms. The molecule has 0 aliphatic heterocycles. The van der Waals surface area contributed by atoms with Crippen molar-refractivity contribution in [3.8, 4) is 0 Å². The molecule has 0 radical (unpaired) electrons. The van der Waals surface area contributed by atoms with Crippen LogP contribution in [0.4, 0.5) is 26.3 Å². The third kappa shape index (κ3) is 4.51. The molecule has 0 saturated carbocycles. The molecule has 2 aromatic rings. The van der Waals surface area contributed by atoms with E-state index in [1.165, 1.54) is 36.4 Å². The fourth-order valence-electron chi connectivity index (χ4n) is 2.11. The van der Waals surface area contributed by atoms with E-state index in [2.05, 4.69) is 3.63 Å². The fourth-order valence-corrected chi connectivity index (χ4v) is 6.72. The lowest BCUT2D eigenvalue weighted by molar-refractivity contribution is -0.106. The number of hydrogen-bond acceptors (Lipinski definition) is 3. The number of hydrogen-bond donors (Lipinski definition) is 0. The summed E-state index contributed by atoms with van der Waals surface area (Å²) < 4.78 is 106. The maximum atomic E-state index is 13.3. The number of benzene rings is 2. The molecule has 26 heavy (non-hydrogen) atoms. The van der Waals surface area contributed by atoms with Crippen molar-refractivity contribution in [2.75, 3.05) is 5.75 Å². The second kappa shape index (κ2) is 7.12. The molecule has 0 atom stereocenters. The van der Waals surface area contributed by atoms with Crippen molar-refractivity contribution in [3.63, 3.8) is 0 Å². The summed E-state index contributed by atoms with van der Waals surface area (Å²) in [5, 5.41) is 0. The van der Waals surface area contributed by atoms with Gasteiger partial charge in [-0.15, -0.1) is 0 Å². The van der Waals surface area contributed by atoms with Crippen LogP contribution < -0.4 is 0 Å². The van der Waals surface area contributed by atoms with E-state index in [-0.39, 0.29) is 9.79 Å². The fraction of sp³-hybridized carbons (Fsp3) is 0.200. The van der Waals surface area contributed by atoms with Crippen LogP contribution in [0.15, 0.2) is 70.5 Å². The van der Waals surface area contributed by atoms with E-state index in [1.807, 2.05) is 0 Å². The molecule has 0 amide bonds. The Hall–Kier alpha value is -1.72. The van der Waals surface area contributed by atoms with Crippen LogP contribution in [0.2, 0.25) is 0 Å². The molecule has 0 aliphatic rings. The molecule has 0 spiro atoms. The predicted molar refractivity (Wildman–Crippen MR) is 84.0 cm³/mol. The second-order valence-corrected chi connectivity index (χ2v) is 9.53. The van der Waals surface area contributed by atoms with Gasteiger partial charge in [0.1, 0.15) is 5.75 Å². The summed E-state index contributed by atoms with van der Waals surface area (Å²) in [7, 11) is -10.4. The Bertz CT molecular complexity index is 794. The van der Waals surface area contributed by atoms with E-state index in [4.69, 9.17) is 0 Å². The lowest BCUT2D eigenvalue weighted by atomic mass is 10.4. The van der Waals surface area contributed by atoms with Crippen LogP contribution in [0, 0.1) is 0 Å². The zero-order chi connectivity index (χ0) is 19.6. The first-order chi connectivity index (χ1) is 11.9. The standard InChI is InChI=1S/C15H12F6O3S2/c16-14(17,18)11-25(12-7-3-1-4-8-12,13-9-5-2-6-10-13)24-26(22,23)15(19,20)21/h1-10H,11H2. The molecule has 0 heterocycles. The topological polar surface area (TPSA) is 43.4 Å². The first-order valence-electron chi connectivity index (χ1n) is 6.88. The maximum Gasteiger partial charge on any atom is 0.523 e. The first-order valence-corrected chi connectivity index (χ1v) is 10.0. The molecule has 2 rings (SSSR count). The molecule has 0 aliphatic carbocycles. The Kier molecular flexibility index (Phi) is 5.64. The van der Waals surface area contributed by atoms with Gasteiger partial charge in [-0.1, -0.05) is 46.7 Å². The van der Waals surface area contributed by atoms with Crippen LogP contribution in [-0.4, -0.2) is 25.9 Å². The molecule has 0 N–H and O–H groups in total. The minimum Gasteiger partial charge on any atom is -0.204 e. The molecule has 0 aromatic heterocycles. The Morgan fingerprint density at radius 1 is 0.731 bits per heavy atom. The van der Waals surface area contributed by atoms with Crippen molar-refractivity contribution in [2.45, 2.75) is 21.5 Å². The third-order valence-electron chi connectivity index (χ3n) is 3.10. The normalized spacial score (nSPS) is 14.2. The Morgan fingerprint density at radius 2 is 1.12 bits per heavy atom. The van der Waals surface area contributed by atoms with Gasteiger partial charge in [-0.3, -0.25) is 0 Å². The average Bonchev–Trinajstić information content (AvgIpc) is 2.53. The van der Waals surface area contributed by atoms with E-state index in [0.29, 0.717) is 0 Å². The van der Waals surface area contributed by atoms with E-state index < -0.39 is 37.9 Å². The summed E-state index contributed by atoms with van der Waals surface area (Å²) in [6.07, 6.45) is -4.98. The molecule has 0 saturated heterocycles. The smallest absolute Gasteiger partial charge is 0.204 e. The molecule has 144 valence electrons. The van der Waals surface area contributed by atoms with Gasteiger partial charge in [0.2, 0.25) is 0 Å². The van der Waals surface area contributed by atoms with Crippen LogP contribution in [0.25, 0.3) is 0 Å². The molecule has 2 aromatic carbocycles. The van der Waals surface area contributed by atoms with Gasteiger partial charge in [0, 0.05) is 9.79 Å². The largest absolute Gasteiger partial charge is 0.523 e. The molecular weight excluding hydrogens is 406 g/mol. The van der Waals surface area contributed by atoms with Gasteiger partial charge in [0.25, 0.3) is 0 Å². The van der Waals surface area contributed by atoms with Gasteiger partial charge in [-0.2, -0.15) is 34.8 Å². The second-order valence-electron chi connectivity index (χ2n) is 5.03. The highest BCUT2D eigenvalue weighted by Gasteiger charge is 2.54. The Labute approximate surface area is 147 Å². The lowest BCUT2D eigenvalue weighted by Crippen LogP contribution is -2.31. The van der Waals surface area contributed by atoms with E-state index in [9.17, 15) is 34.8 Å². The van der Waals surface area contributed by atoms with E-state index in [1.54, 1.807) is 0 Å². The van der Waals surface area contributed by atoms with Crippen molar-refractivity contribution < 1.29 is 38.4 Å². The molecule has 11 heteroatoms. The molecular formula is C15H12F6O3S2. The van der Waals surface area contributed by atoms with Crippen molar-refractivity contribution in [2.24, 2.45) is 0 Å². The predicted octanol–water partition coefficient (Wildman–Crippen LogP) is 5.25. The molecule has 0 unspecified atom stereocenters. The van der Waals surface area contributed by atoms with Crippen molar-refractivity contribution in [1.82, 2.24) is 0 Å². The summed E-state index contributed by atoms with van der Waals surface area (Å²) in [6, 6.07) is 12.5. The van der Waals surface area contributed by atoms with Crippen molar-refractivity contribution >= 4 is 20.4 Å². The Morgan fingerprint density at radius 3 is 1.42 bits per heavy atom. The van der Waals surface area contributed by atoms with Crippen LogP contribution in [-0.2, 0) is 13.7 Å². The lowest BCUT2D eigenvalue weighted by Gasteiger charge is -2.39. The SMILES string of the molecule is O=S(=O)(OS(CC(F)(F)F)(c1ccccc1)c1ccccc1)C(F)(F)F. The quantitative estimate of drug-likeness (QED) is 0.492. The number of rotatable bonds is 5. The minimum absolute atomic E-state index is 0.295. The van der Waals surface area contributed by atoms with E-state index >= 15 is 0 Å². The maximum absolute atomic E-state index is 13.3.